The summed E-state index contributed by atoms with van der Waals surface area (Å²) in [5.74, 6) is 0.325. The van der Waals surface area contributed by atoms with Crippen LogP contribution in [0.4, 0.5) is 0 Å². The lowest BCUT2D eigenvalue weighted by Crippen LogP contribution is -2.42. The fourth-order valence-corrected chi connectivity index (χ4v) is 3.60. The molecule has 1 saturated carbocycles. The number of carbonyl (C=O) groups excluding carboxylic acids is 1. The molecule has 0 radical (unpaired) electrons. The summed E-state index contributed by atoms with van der Waals surface area (Å²) < 4.78 is 0. The van der Waals surface area contributed by atoms with Crippen molar-refractivity contribution in [2.24, 2.45) is 0 Å². The molecule has 0 aromatic heterocycles. The molecule has 1 amide bonds. The van der Waals surface area contributed by atoms with E-state index in [9.17, 15) is 4.79 Å². The lowest BCUT2D eigenvalue weighted by molar-refractivity contribution is -0.134. The molecule has 4 rings (SSSR count). The molecular formula is C20H21NO. The molecule has 0 spiro atoms. The Kier molecular flexibility index (Phi) is 3.07. The minimum Gasteiger partial charge on any atom is -0.337 e. The van der Waals surface area contributed by atoms with Crippen LogP contribution >= 0.6 is 0 Å². The molecule has 2 heteroatoms. The molecule has 2 nitrogen and oxygen atoms in total. The first kappa shape index (κ1) is 13.6. The number of hydrogen-bond donors (Lipinski definition) is 0. The van der Waals surface area contributed by atoms with Crippen LogP contribution in [0.2, 0.25) is 0 Å². The van der Waals surface area contributed by atoms with Gasteiger partial charge < -0.3 is 4.90 Å². The van der Waals surface area contributed by atoms with Gasteiger partial charge in [0.2, 0.25) is 5.91 Å². The lowest BCUT2D eigenvalue weighted by Gasteiger charge is -2.32. The number of benzene rings is 2. The second-order valence-electron chi connectivity index (χ2n) is 6.69. The average Bonchev–Trinajstić information content (AvgIpc) is 3.36. The molecule has 1 fully saturated rings. The summed E-state index contributed by atoms with van der Waals surface area (Å²) in [6.45, 7) is 3.71. The molecule has 2 aromatic rings. The van der Waals surface area contributed by atoms with E-state index in [-0.39, 0.29) is 5.41 Å². The number of rotatable bonds is 2. The topological polar surface area (TPSA) is 20.3 Å². The number of nitrogens with zero attached hydrogens (tertiary/aromatic N) is 1. The number of fused-ring (bicyclic) bond motifs is 1. The van der Waals surface area contributed by atoms with E-state index in [0.717, 1.165) is 32.4 Å². The molecule has 2 aliphatic rings. The molecule has 1 aliphatic heterocycles. The van der Waals surface area contributed by atoms with Gasteiger partial charge in [-0.25, -0.2) is 0 Å². The highest BCUT2D eigenvalue weighted by molar-refractivity contribution is 5.91. The Balaban J connectivity index is 1.59. The summed E-state index contributed by atoms with van der Waals surface area (Å²) in [7, 11) is 0. The van der Waals surface area contributed by atoms with Crippen LogP contribution in [-0.4, -0.2) is 17.4 Å². The number of aryl methyl sites for hydroxylation is 1. The average molecular weight is 291 g/mol. The van der Waals surface area contributed by atoms with Crippen molar-refractivity contribution in [3.8, 4) is 0 Å². The molecule has 112 valence electrons. The first-order chi connectivity index (χ1) is 10.7. The molecule has 0 bridgehead atoms. The third-order valence-corrected chi connectivity index (χ3v) is 5.18. The van der Waals surface area contributed by atoms with Gasteiger partial charge in [-0.2, -0.15) is 0 Å². The smallest absolute Gasteiger partial charge is 0.233 e. The molecular weight excluding hydrogens is 270 g/mol. The predicted octanol–water partition coefficient (Wildman–Crippen LogP) is 3.61. The van der Waals surface area contributed by atoms with Gasteiger partial charge >= 0.3 is 0 Å². The highest BCUT2D eigenvalue weighted by atomic mass is 16.2. The molecule has 22 heavy (non-hydrogen) atoms. The molecule has 0 N–H and O–H groups in total. The second-order valence-corrected chi connectivity index (χ2v) is 6.69. The van der Waals surface area contributed by atoms with E-state index in [2.05, 4.69) is 60.4 Å². The van der Waals surface area contributed by atoms with Gasteiger partial charge in [-0.15, -0.1) is 0 Å². The van der Waals surface area contributed by atoms with Crippen molar-refractivity contribution >= 4 is 5.91 Å². The zero-order valence-corrected chi connectivity index (χ0v) is 13.0. The Hall–Kier alpha value is -2.09. The number of amides is 1. The van der Waals surface area contributed by atoms with Crippen LogP contribution in [0.25, 0.3) is 0 Å². The van der Waals surface area contributed by atoms with Crippen LogP contribution in [-0.2, 0) is 23.2 Å². The monoisotopic (exact) mass is 291 g/mol. The van der Waals surface area contributed by atoms with Gasteiger partial charge in [0.05, 0.1) is 5.41 Å². The summed E-state index contributed by atoms with van der Waals surface area (Å²) in [6, 6.07) is 17.0. The Morgan fingerprint density at radius 3 is 2.36 bits per heavy atom. The highest BCUT2D eigenvalue weighted by Crippen LogP contribution is 2.50. The van der Waals surface area contributed by atoms with Gasteiger partial charge in [0.25, 0.3) is 0 Å². The quantitative estimate of drug-likeness (QED) is 0.827. The van der Waals surface area contributed by atoms with Crippen molar-refractivity contribution in [1.82, 2.24) is 4.90 Å². The van der Waals surface area contributed by atoms with Crippen molar-refractivity contribution in [2.75, 3.05) is 6.54 Å². The standard InChI is InChI=1S/C20H21NO/c1-15-6-8-18(9-7-15)20(11-12-20)19(22)21-13-10-16-4-2-3-5-17(16)14-21/h2-9H,10-14H2,1H3. The maximum absolute atomic E-state index is 13.1. The van der Waals surface area contributed by atoms with E-state index >= 15 is 0 Å². The van der Waals surface area contributed by atoms with E-state index in [1.54, 1.807) is 0 Å². The summed E-state index contributed by atoms with van der Waals surface area (Å²) in [5.41, 5.74) is 4.91. The fraction of sp³-hybridized carbons (Fsp3) is 0.350. The van der Waals surface area contributed by atoms with E-state index < -0.39 is 0 Å². The van der Waals surface area contributed by atoms with Crippen LogP contribution in [0.1, 0.15) is 35.1 Å². The lowest BCUT2D eigenvalue weighted by atomic mass is 9.91. The molecule has 0 atom stereocenters. The molecule has 0 saturated heterocycles. The normalized spacial score (nSPS) is 18.7. The van der Waals surface area contributed by atoms with Gasteiger partial charge in [-0.3, -0.25) is 4.79 Å². The van der Waals surface area contributed by atoms with Gasteiger partial charge in [-0.05, 0) is 42.9 Å². The molecule has 0 unspecified atom stereocenters. The van der Waals surface area contributed by atoms with Crippen molar-refractivity contribution in [2.45, 2.75) is 38.1 Å². The summed E-state index contributed by atoms with van der Waals surface area (Å²) in [4.78, 5) is 15.2. The number of carbonyl (C=O) groups is 1. The van der Waals surface area contributed by atoms with Gasteiger partial charge in [0, 0.05) is 13.1 Å². The van der Waals surface area contributed by atoms with Crippen LogP contribution in [0.15, 0.2) is 48.5 Å². The Labute approximate surface area is 131 Å². The summed E-state index contributed by atoms with van der Waals surface area (Å²) >= 11 is 0. The fourth-order valence-electron chi connectivity index (χ4n) is 3.60. The molecule has 2 aromatic carbocycles. The molecule has 1 heterocycles. The first-order valence-corrected chi connectivity index (χ1v) is 8.12. The van der Waals surface area contributed by atoms with Crippen molar-refractivity contribution < 1.29 is 4.79 Å². The second kappa shape index (κ2) is 4.98. The summed E-state index contributed by atoms with van der Waals surface area (Å²) in [6.07, 6.45) is 2.96. The van der Waals surface area contributed by atoms with Crippen LogP contribution in [0, 0.1) is 6.92 Å². The maximum Gasteiger partial charge on any atom is 0.233 e. The third-order valence-electron chi connectivity index (χ3n) is 5.18. The van der Waals surface area contributed by atoms with Crippen molar-refractivity contribution in [3.63, 3.8) is 0 Å². The van der Waals surface area contributed by atoms with Gasteiger partial charge in [0.15, 0.2) is 0 Å². The van der Waals surface area contributed by atoms with Crippen molar-refractivity contribution in [3.05, 3.63) is 70.8 Å². The predicted molar refractivity (Wildman–Crippen MR) is 87.7 cm³/mol. The highest BCUT2D eigenvalue weighted by Gasteiger charge is 2.53. The Morgan fingerprint density at radius 2 is 1.68 bits per heavy atom. The van der Waals surface area contributed by atoms with Crippen LogP contribution < -0.4 is 0 Å². The van der Waals surface area contributed by atoms with Gasteiger partial charge in [0.1, 0.15) is 0 Å². The summed E-state index contributed by atoms with van der Waals surface area (Å²) in [5, 5.41) is 0. The van der Waals surface area contributed by atoms with E-state index in [4.69, 9.17) is 0 Å². The van der Waals surface area contributed by atoms with Crippen molar-refractivity contribution in [1.29, 1.82) is 0 Å². The minimum atomic E-state index is -0.236. The zero-order chi connectivity index (χ0) is 15.2. The molecule has 1 aliphatic carbocycles. The van der Waals surface area contributed by atoms with Crippen LogP contribution in [0.3, 0.4) is 0 Å². The largest absolute Gasteiger partial charge is 0.337 e. The first-order valence-electron chi connectivity index (χ1n) is 8.12. The van der Waals surface area contributed by atoms with E-state index in [1.165, 1.54) is 22.3 Å². The number of hydrogen-bond acceptors (Lipinski definition) is 1. The zero-order valence-electron chi connectivity index (χ0n) is 13.0. The van der Waals surface area contributed by atoms with E-state index in [0.29, 0.717) is 5.91 Å². The van der Waals surface area contributed by atoms with Crippen LogP contribution in [0.5, 0.6) is 0 Å². The Morgan fingerprint density at radius 1 is 1.00 bits per heavy atom. The Bertz CT molecular complexity index is 713. The third kappa shape index (κ3) is 2.14. The SMILES string of the molecule is Cc1ccc(C2(C(=O)N3CCc4ccccc4C3)CC2)cc1. The van der Waals surface area contributed by atoms with Gasteiger partial charge in [-0.1, -0.05) is 54.1 Å². The van der Waals surface area contributed by atoms with E-state index in [1.807, 2.05) is 0 Å². The maximum atomic E-state index is 13.1. The minimum absolute atomic E-state index is 0.236.